The molecule has 6 aromatic rings. The summed E-state index contributed by atoms with van der Waals surface area (Å²) in [6.07, 6.45) is -1.30. The fraction of sp³-hybridized carbons (Fsp3) is 0.211. The zero-order chi connectivity index (χ0) is 34.7. The minimum absolute atomic E-state index is 0.0326. The number of benzene rings is 4. The molecule has 1 aliphatic rings. The van der Waals surface area contributed by atoms with Crippen molar-refractivity contribution in [2.45, 2.75) is 30.5 Å². The third-order valence-corrected chi connectivity index (χ3v) is 8.90. The SMILES string of the molecule is COc1ccc(C(OCC2OC(n3c(=O)[nH]c4c(NC(=O)c5ccccc5)ncnc43)CC2O)(c2ccccc2)c2ccc(OC)cc2)cc1. The lowest BCUT2D eigenvalue weighted by Crippen LogP contribution is -2.38. The fourth-order valence-corrected chi connectivity index (χ4v) is 6.37. The van der Waals surface area contributed by atoms with E-state index in [0.717, 1.165) is 16.7 Å². The van der Waals surface area contributed by atoms with Crippen LogP contribution in [-0.4, -0.2) is 63.6 Å². The summed E-state index contributed by atoms with van der Waals surface area (Å²) >= 11 is 0. The lowest BCUT2D eigenvalue weighted by atomic mass is 9.80. The topological polar surface area (TPSA) is 150 Å². The molecule has 12 nitrogen and oxygen atoms in total. The molecule has 1 amide bonds. The van der Waals surface area contributed by atoms with Crippen LogP contribution in [0.25, 0.3) is 11.2 Å². The number of hydrogen-bond donors (Lipinski definition) is 3. The normalized spacial score (nSPS) is 17.5. The van der Waals surface area contributed by atoms with Gasteiger partial charge in [0.1, 0.15) is 41.3 Å². The Morgan fingerprint density at radius 3 is 2.06 bits per heavy atom. The molecule has 1 fully saturated rings. The Morgan fingerprint density at radius 2 is 1.46 bits per heavy atom. The zero-order valence-electron chi connectivity index (χ0n) is 27.4. The first-order chi connectivity index (χ1) is 24.4. The molecule has 0 radical (unpaired) electrons. The lowest BCUT2D eigenvalue weighted by molar-refractivity contribution is -0.0935. The Labute approximate surface area is 287 Å². The van der Waals surface area contributed by atoms with Gasteiger partial charge in [-0.25, -0.2) is 19.3 Å². The highest BCUT2D eigenvalue weighted by Gasteiger charge is 2.42. The third kappa shape index (κ3) is 6.11. The van der Waals surface area contributed by atoms with Gasteiger partial charge in [-0.2, -0.15) is 0 Å². The fourth-order valence-electron chi connectivity index (χ4n) is 6.37. The summed E-state index contributed by atoms with van der Waals surface area (Å²) in [7, 11) is 3.22. The summed E-state index contributed by atoms with van der Waals surface area (Å²) in [6.45, 7) is -0.0326. The number of rotatable bonds is 11. The van der Waals surface area contributed by atoms with Crippen LogP contribution in [-0.2, 0) is 15.1 Å². The highest BCUT2D eigenvalue weighted by molar-refractivity contribution is 6.06. The van der Waals surface area contributed by atoms with Gasteiger partial charge in [0.25, 0.3) is 5.91 Å². The van der Waals surface area contributed by atoms with Crippen LogP contribution in [0.3, 0.4) is 0 Å². The maximum atomic E-state index is 13.3. The summed E-state index contributed by atoms with van der Waals surface area (Å²) in [5, 5.41) is 14.1. The molecule has 0 bridgehead atoms. The van der Waals surface area contributed by atoms with Crippen LogP contribution in [0, 0.1) is 0 Å². The number of aromatic nitrogens is 4. The van der Waals surface area contributed by atoms with Crippen molar-refractivity contribution in [3.63, 3.8) is 0 Å². The molecule has 3 N–H and O–H groups in total. The Morgan fingerprint density at radius 1 is 0.880 bits per heavy atom. The number of H-pyrrole nitrogens is 1. The molecule has 0 spiro atoms. The van der Waals surface area contributed by atoms with Crippen LogP contribution >= 0.6 is 0 Å². The predicted octanol–water partition coefficient (Wildman–Crippen LogP) is 5.05. The molecule has 1 saturated heterocycles. The largest absolute Gasteiger partial charge is 0.497 e. The molecule has 1 aliphatic heterocycles. The van der Waals surface area contributed by atoms with Crippen molar-refractivity contribution < 1.29 is 28.8 Å². The van der Waals surface area contributed by atoms with Gasteiger partial charge < -0.3 is 34.4 Å². The predicted molar refractivity (Wildman–Crippen MR) is 185 cm³/mol. The van der Waals surface area contributed by atoms with Gasteiger partial charge >= 0.3 is 5.69 Å². The number of fused-ring (bicyclic) bond motifs is 1. The minimum atomic E-state index is -1.13. The molecule has 50 heavy (non-hydrogen) atoms. The van der Waals surface area contributed by atoms with E-state index in [1.54, 1.807) is 38.5 Å². The van der Waals surface area contributed by atoms with E-state index in [1.165, 1.54) is 10.9 Å². The molecule has 7 rings (SSSR count). The van der Waals surface area contributed by atoms with E-state index in [9.17, 15) is 14.7 Å². The number of ether oxygens (including phenoxy) is 4. The molecule has 3 unspecified atom stereocenters. The average molecular weight is 674 g/mol. The molecule has 0 aliphatic carbocycles. The number of carbonyl (C=O) groups is 1. The number of hydrogen-bond acceptors (Lipinski definition) is 9. The first-order valence-corrected chi connectivity index (χ1v) is 16.0. The number of carbonyl (C=O) groups excluding carboxylic acids is 1. The summed E-state index contributed by atoms with van der Waals surface area (Å²) in [5.74, 6) is 1.14. The number of aliphatic hydroxyl groups excluding tert-OH is 1. The summed E-state index contributed by atoms with van der Waals surface area (Å²) in [5.41, 5.74) is 1.75. The van der Waals surface area contributed by atoms with Gasteiger partial charge in [0, 0.05) is 12.0 Å². The monoisotopic (exact) mass is 673 g/mol. The number of amides is 1. The van der Waals surface area contributed by atoms with Gasteiger partial charge in [-0.05, 0) is 53.1 Å². The van der Waals surface area contributed by atoms with Crippen molar-refractivity contribution in [3.8, 4) is 11.5 Å². The molecule has 3 heterocycles. The second-order valence-corrected chi connectivity index (χ2v) is 11.8. The first kappa shape index (κ1) is 32.7. The average Bonchev–Trinajstić information content (AvgIpc) is 3.71. The summed E-state index contributed by atoms with van der Waals surface area (Å²) in [6, 6.07) is 33.8. The molecular weight excluding hydrogens is 638 g/mol. The van der Waals surface area contributed by atoms with Crippen molar-refractivity contribution in [2.75, 3.05) is 26.1 Å². The highest BCUT2D eigenvalue weighted by Crippen LogP contribution is 2.43. The van der Waals surface area contributed by atoms with Crippen molar-refractivity contribution in [1.29, 1.82) is 0 Å². The van der Waals surface area contributed by atoms with Crippen LogP contribution in [0.2, 0.25) is 0 Å². The van der Waals surface area contributed by atoms with E-state index < -0.39 is 29.7 Å². The first-order valence-electron chi connectivity index (χ1n) is 16.0. The maximum absolute atomic E-state index is 13.3. The van der Waals surface area contributed by atoms with E-state index in [4.69, 9.17) is 18.9 Å². The van der Waals surface area contributed by atoms with E-state index in [0.29, 0.717) is 17.1 Å². The van der Waals surface area contributed by atoms with Gasteiger partial charge in [-0.15, -0.1) is 0 Å². The molecule has 4 aromatic carbocycles. The van der Waals surface area contributed by atoms with Crippen LogP contribution in [0.15, 0.2) is 120 Å². The molecule has 0 saturated carbocycles. The summed E-state index contributed by atoms with van der Waals surface area (Å²) < 4.78 is 25.5. The van der Waals surface area contributed by atoms with Crippen LogP contribution in [0.5, 0.6) is 11.5 Å². The Kier molecular flexibility index (Phi) is 9.13. The van der Waals surface area contributed by atoms with Crippen molar-refractivity contribution in [1.82, 2.24) is 19.5 Å². The number of imidazole rings is 1. The van der Waals surface area contributed by atoms with Crippen molar-refractivity contribution in [3.05, 3.63) is 148 Å². The van der Waals surface area contributed by atoms with Gasteiger partial charge in [-0.3, -0.25) is 4.79 Å². The number of anilines is 1. The number of methoxy groups -OCH3 is 2. The van der Waals surface area contributed by atoms with E-state index in [2.05, 4.69) is 20.3 Å². The molecule has 2 aromatic heterocycles. The van der Waals surface area contributed by atoms with Crippen LogP contribution < -0.4 is 20.5 Å². The second kappa shape index (κ2) is 14.0. The second-order valence-electron chi connectivity index (χ2n) is 11.8. The Hall–Kier alpha value is -5.82. The quantitative estimate of drug-likeness (QED) is 0.161. The van der Waals surface area contributed by atoms with Gasteiger partial charge in [0.05, 0.1) is 26.9 Å². The van der Waals surface area contributed by atoms with E-state index in [-0.39, 0.29) is 35.9 Å². The van der Waals surface area contributed by atoms with Crippen LogP contribution in [0.1, 0.15) is 39.7 Å². The van der Waals surface area contributed by atoms with Crippen LogP contribution in [0.4, 0.5) is 5.82 Å². The van der Waals surface area contributed by atoms with E-state index >= 15 is 0 Å². The molecule has 12 heteroatoms. The number of aromatic amines is 1. The number of nitrogens with one attached hydrogen (secondary N) is 2. The van der Waals surface area contributed by atoms with Gasteiger partial charge in [0.2, 0.25) is 0 Å². The number of aliphatic hydroxyl groups is 1. The van der Waals surface area contributed by atoms with Crippen molar-refractivity contribution in [2.24, 2.45) is 0 Å². The Balaban J connectivity index is 1.20. The minimum Gasteiger partial charge on any atom is -0.497 e. The third-order valence-electron chi connectivity index (χ3n) is 8.90. The standard InChI is InChI=1S/C38H35N5O7/c1-47-28-17-13-26(14-18-28)38(25-11-7-4-8-12-25,27-15-19-29(48-2)20-16-27)49-22-31-30(44)21-32(50-31)43-35-33(41-37(43)46)34(39-23-40-35)42-36(45)24-9-5-3-6-10-24/h3-20,23,30-32,44H,21-22H2,1-2H3,(H,41,46)(H,39,40,42,45). The van der Waals surface area contributed by atoms with E-state index in [1.807, 2.05) is 84.9 Å². The number of nitrogens with zero attached hydrogens (tertiary/aromatic N) is 3. The van der Waals surface area contributed by atoms with Crippen molar-refractivity contribution >= 4 is 22.9 Å². The Bertz CT molecular complexity index is 2090. The lowest BCUT2D eigenvalue weighted by Gasteiger charge is -2.37. The van der Waals surface area contributed by atoms with Gasteiger partial charge in [-0.1, -0.05) is 72.8 Å². The summed E-state index contributed by atoms with van der Waals surface area (Å²) in [4.78, 5) is 37.5. The molecule has 3 atom stereocenters. The zero-order valence-corrected chi connectivity index (χ0v) is 27.4. The molecular formula is C38H35N5O7. The maximum Gasteiger partial charge on any atom is 0.329 e. The van der Waals surface area contributed by atoms with Gasteiger partial charge in [0.15, 0.2) is 11.5 Å². The smallest absolute Gasteiger partial charge is 0.329 e. The highest BCUT2D eigenvalue weighted by atomic mass is 16.6. The molecule has 254 valence electrons.